The average Bonchev–Trinajstić information content (AvgIpc) is 2.31. The minimum atomic E-state index is -0.0687. The van der Waals surface area contributed by atoms with Gasteiger partial charge in [-0.05, 0) is 19.4 Å². The van der Waals surface area contributed by atoms with Crippen molar-refractivity contribution in [2.24, 2.45) is 0 Å². The van der Waals surface area contributed by atoms with E-state index in [2.05, 4.69) is 10.2 Å². The highest BCUT2D eigenvalue weighted by Crippen LogP contribution is 2.02. The summed E-state index contributed by atoms with van der Waals surface area (Å²) in [5.41, 5.74) is 0.532. The maximum Gasteiger partial charge on any atom is 0.255 e. The highest BCUT2D eigenvalue weighted by molar-refractivity contribution is 5.93. The second-order valence-electron chi connectivity index (χ2n) is 3.09. The van der Waals surface area contributed by atoms with Crippen LogP contribution < -0.4 is 0 Å². The smallest absolute Gasteiger partial charge is 0.255 e. The Kier molecular flexibility index (Phi) is 4.70. The number of hydrogen-bond acceptors (Lipinski definition) is 4. The first-order valence-corrected chi connectivity index (χ1v) is 4.96. The fraction of sp³-hybridized carbons (Fsp3) is 0.500. The quantitative estimate of drug-likeness (QED) is 0.758. The van der Waals surface area contributed by atoms with Crippen LogP contribution in [-0.2, 0) is 0 Å². The molecule has 0 aliphatic heterocycles. The third-order valence-corrected chi connectivity index (χ3v) is 2.09. The van der Waals surface area contributed by atoms with Crippen LogP contribution in [0.25, 0.3) is 0 Å². The van der Waals surface area contributed by atoms with E-state index < -0.39 is 0 Å². The lowest BCUT2D eigenvalue weighted by molar-refractivity contribution is 0.0753. The molecule has 5 nitrogen and oxygen atoms in total. The van der Waals surface area contributed by atoms with E-state index in [0.29, 0.717) is 25.1 Å². The summed E-state index contributed by atoms with van der Waals surface area (Å²) in [6.07, 6.45) is 3.54. The van der Waals surface area contributed by atoms with Gasteiger partial charge in [0.2, 0.25) is 0 Å². The molecule has 15 heavy (non-hydrogen) atoms. The Hall–Kier alpha value is -1.49. The topological polar surface area (TPSA) is 66.3 Å². The van der Waals surface area contributed by atoms with Gasteiger partial charge in [-0.2, -0.15) is 10.2 Å². The lowest BCUT2D eigenvalue weighted by Gasteiger charge is -2.19. The summed E-state index contributed by atoms with van der Waals surface area (Å²) < 4.78 is 0. The van der Waals surface area contributed by atoms with E-state index in [1.165, 1.54) is 12.4 Å². The van der Waals surface area contributed by atoms with Gasteiger partial charge in [-0.15, -0.1) is 0 Å². The Morgan fingerprint density at radius 2 is 2.33 bits per heavy atom. The summed E-state index contributed by atoms with van der Waals surface area (Å²) in [4.78, 5) is 13.5. The number of nitrogens with zero attached hydrogens (tertiary/aromatic N) is 3. The number of amides is 1. The zero-order valence-corrected chi connectivity index (χ0v) is 8.76. The Labute approximate surface area is 88.7 Å². The van der Waals surface area contributed by atoms with Crippen molar-refractivity contribution in [1.82, 2.24) is 15.1 Å². The second-order valence-corrected chi connectivity index (χ2v) is 3.09. The van der Waals surface area contributed by atoms with E-state index in [4.69, 9.17) is 5.11 Å². The Bertz CT molecular complexity index is 303. The fourth-order valence-electron chi connectivity index (χ4n) is 1.26. The molecule has 0 bridgehead atoms. The molecule has 0 aromatic carbocycles. The molecule has 0 unspecified atom stereocenters. The first-order valence-electron chi connectivity index (χ1n) is 4.96. The number of carbonyl (C=O) groups is 1. The van der Waals surface area contributed by atoms with Crippen LogP contribution in [0, 0.1) is 0 Å². The van der Waals surface area contributed by atoms with Crippen molar-refractivity contribution in [3.63, 3.8) is 0 Å². The van der Waals surface area contributed by atoms with Gasteiger partial charge in [0.1, 0.15) is 0 Å². The summed E-state index contributed by atoms with van der Waals surface area (Å²) in [6, 6.07) is 1.64. The van der Waals surface area contributed by atoms with Crippen LogP contribution in [-0.4, -0.2) is 45.8 Å². The minimum Gasteiger partial charge on any atom is -0.396 e. The molecule has 0 aliphatic rings. The average molecular weight is 209 g/mol. The van der Waals surface area contributed by atoms with E-state index in [1.807, 2.05) is 6.92 Å². The van der Waals surface area contributed by atoms with Gasteiger partial charge in [-0.3, -0.25) is 4.79 Å². The fourth-order valence-corrected chi connectivity index (χ4v) is 1.26. The van der Waals surface area contributed by atoms with E-state index in [1.54, 1.807) is 11.0 Å². The normalized spacial score (nSPS) is 10.0. The molecule has 0 saturated carbocycles. The number of carbonyl (C=O) groups excluding carboxylic acids is 1. The molecule has 1 heterocycles. The van der Waals surface area contributed by atoms with E-state index in [-0.39, 0.29) is 12.5 Å². The summed E-state index contributed by atoms with van der Waals surface area (Å²) >= 11 is 0. The Morgan fingerprint density at radius 3 is 2.87 bits per heavy atom. The van der Waals surface area contributed by atoms with Crippen molar-refractivity contribution in [3.8, 4) is 0 Å². The van der Waals surface area contributed by atoms with Crippen LogP contribution in [0.15, 0.2) is 18.5 Å². The van der Waals surface area contributed by atoms with Crippen LogP contribution in [0.1, 0.15) is 23.7 Å². The highest BCUT2D eigenvalue weighted by atomic mass is 16.3. The first kappa shape index (κ1) is 11.6. The van der Waals surface area contributed by atoms with Crippen molar-refractivity contribution in [3.05, 3.63) is 24.0 Å². The monoisotopic (exact) mass is 209 g/mol. The number of aliphatic hydroxyl groups excluding tert-OH is 1. The molecule has 82 valence electrons. The zero-order chi connectivity index (χ0) is 11.1. The SMILES string of the molecule is CCN(CCCO)C(=O)c1ccnnc1. The molecule has 5 heteroatoms. The molecular formula is C10H15N3O2. The standard InChI is InChI=1S/C10H15N3O2/c1-2-13(6-3-7-14)10(15)9-4-5-11-12-8-9/h4-5,8,14H,2-3,6-7H2,1H3. The molecule has 0 saturated heterocycles. The molecule has 1 amide bonds. The predicted octanol–water partition coefficient (Wildman–Crippen LogP) is 0.321. The van der Waals surface area contributed by atoms with E-state index in [0.717, 1.165) is 0 Å². The van der Waals surface area contributed by atoms with Gasteiger partial charge in [-0.1, -0.05) is 0 Å². The summed E-state index contributed by atoms with van der Waals surface area (Å²) in [6.45, 7) is 3.19. The minimum absolute atomic E-state index is 0.0687. The van der Waals surface area contributed by atoms with Crippen LogP contribution in [0.5, 0.6) is 0 Å². The molecule has 1 rings (SSSR count). The second kappa shape index (κ2) is 6.08. The van der Waals surface area contributed by atoms with Gasteiger partial charge >= 0.3 is 0 Å². The maximum atomic E-state index is 11.9. The summed E-state index contributed by atoms with van der Waals surface area (Å²) in [5, 5.41) is 16.0. The summed E-state index contributed by atoms with van der Waals surface area (Å²) in [7, 11) is 0. The third-order valence-electron chi connectivity index (χ3n) is 2.09. The maximum absolute atomic E-state index is 11.9. The number of hydrogen-bond donors (Lipinski definition) is 1. The molecule has 0 radical (unpaired) electrons. The van der Waals surface area contributed by atoms with E-state index >= 15 is 0 Å². The molecule has 0 spiro atoms. The van der Waals surface area contributed by atoms with Crippen LogP contribution >= 0.6 is 0 Å². The van der Waals surface area contributed by atoms with Crippen LogP contribution in [0.3, 0.4) is 0 Å². The molecular weight excluding hydrogens is 194 g/mol. The zero-order valence-electron chi connectivity index (χ0n) is 8.76. The highest BCUT2D eigenvalue weighted by Gasteiger charge is 2.13. The number of rotatable bonds is 5. The number of aliphatic hydroxyl groups is 1. The van der Waals surface area contributed by atoms with Crippen molar-refractivity contribution in [1.29, 1.82) is 0 Å². The van der Waals surface area contributed by atoms with E-state index in [9.17, 15) is 4.79 Å². The molecule has 0 aliphatic carbocycles. The predicted molar refractivity (Wildman–Crippen MR) is 55.3 cm³/mol. The summed E-state index contributed by atoms with van der Waals surface area (Å²) in [5.74, 6) is -0.0687. The van der Waals surface area contributed by atoms with Crippen molar-refractivity contribution in [2.45, 2.75) is 13.3 Å². The van der Waals surface area contributed by atoms with Gasteiger partial charge in [0.15, 0.2) is 0 Å². The van der Waals surface area contributed by atoms with Gasteiger partial charge < -0.3 is 10.0 Å². The Morgan fingerprint density at radius 1 is 1.53 bits per heavy atom. The Balaban J connectivity index is 2.65. The molecule has 1 aromatic heterocycles. The lowest BCUT2D eigenvalue weighted by Crippen LogP contribution is -2.32. The van der Waals surface area contributed by atoms with Gasteiger partial charge in [-0.25, -0.2) is 0 Å². The first-order chi connectivity index (χ1) is 7.29. The van der Waals surface area contributed by atoms with Crippen molar-refractivity contribution >= 4 is 5.91 Å². The largest absolute Gasteiger partial charge is 0.396 e. The lowest BCUT2D eigenvalue weighted by atomic mass is 10.2. The van der Waals surface area contributed by atoms with Gasteiger partial charge in [0.25, 0.3) is 5.91 Å². The third kappa shape index (κ3) is 3.28. The molecule has 0 fully saturated rings. The van der Waals surface area contributed by atoms with Crippen molar-refractivity contribution < 1.29 is 9.90 Å². The van der Waals surface area contributed by atoms with Crippen LogP contribution in [0.4, 0.5) is 0 Å². The number of aromatic nitrogens is 2. The van der Waals surface area contributed by atoms with Gasteiger partial charge in [0, 0.05) is 19.7 Å². The molecule has 0 atom stereocenters. The van der Waals surface area contributed by atoms with Gasteiger partial charge in [0.05, 0.1) is 18.0 Å². The molecule has 1 N–H and O–H groups in total. The van der Waals surface area contributed by atoms with Crippen molar-refractivity contribution in [2.75, 3.05) is 19.7 Å². The van der Waals surface area contributed by atoms with Crippen LogP contribution in [0.2, 0.25) is 0 Å². The molecule has 1 aromatic rings.